The first kappa shape index (κ1) is 15.2. The first-order valence-corrected chi connectivity index (χ1v) is 7.46. The van der Waals surface area contributed by atoms with Gasteiger partial charge >= 0.3 is 0 Å². The summed E-state index contributed by atoms with van der Waals surface area (Å²) < 4.78 is 5.91. The summed E-state index contributed by atoms with van der Waals surface area (Å²) in [5, 5.41) is 12.0. The normalized spacial score (nSPS) is 22.0. The van der Waals surface area contributed by atoms with Gasteiger partial charge < -0.3 is 15.0 Å². The van der Waals surface area contributed by atoms with Crippen molar-refractivity contribution in [2.24, 2.45) is 0 Å². The summed E-state index contributed by atoms with van der Waals surface area (Å²) in [5.74, 6) is 0.937. The molecule has 0 amide bonds. The highest BCUT2D eigenvalue weighted by Crippen LogP contribution is 2.24. The minimum atomic E-state index is -0.138. The summed E-state index contributed by atoms with van der Waals surface area (Å²) in [5.41, 5.74) is 0.850. The van der Waals surface area contributed by atoms with E-state index in [9.17, 15) is 0 Å². The van der Waals surface area contributed by atoms with Gasteiger partial charge in [0, 0.05) is 19.6 Å². The molecule has 1 unspecified atom stereocenters. The molecule has 2 rings (SSSR count). The van der Waals surface area contributed by atoms with Crippen LogP contribution in [0.15, 0.2) is 12.1 Å². The summed E-state index contributed by atoms with van der Waals surface area (Å²) in [4.78, 5) is 2.25. The van der Waals surface area contributed by atoms with Crippen molar-refractivity contribution in [3.8, 4) is 0 Å². The Hall–Kier alpha value is -1.20. The van der Waals surface area contributed by atoms with Crippen LogP contribution in [0.4, 0.5) is 5.82 Å². The molecule has 1 aromatic rings. The smallest absolute Gasteiger partial charge is 0.151 e. The van der Waals surface area contributed by atoms with Gasteiger partial charge in [-0.25, -0.2) is 0 Å². The first-order chi connectivity index (χ1) is 9.50. The molecule has 5 nitrogen and oxygen atoms in total. The summed E-state index contributed by atoms with van der Waals surface area (Å²) in [6, 6.07) is 4.11. The molecule has 5 heteroatoms. The molecule has 1 saturated heterocycles. The maximum Gasteiger partial charge on any atom is 0.151 e. The number of hydrogen-bond acceptors (Lipinski definition) is 5. The molecule has 1 N–H and O–H groups in total. The topological polar surface area (TPSA) is 50.3 Å². The van der Waals surface area contributed by atoms with E-state index in [0.29, 0.717) is 0 Å². The Bertz CT molecular complexity index is 418. The molecule has 20 heavy (non-hydrogen) atoms. The van der Waals surface area contributed by atoms with Gasteiger partial charge in [-0.3, -0.25) is 0 Å². The van der Waals surface area contributed by atoms with Crippen LogP contribution < -0.4 is 10.2 Å². The van der Waals surface area contributed by atoms with Crippen molar-refractivity contribution in [1.82, 2.24) is 15.5 Å². The van der Waals surface area contributed by atoms with E-state index in [1.165, 1.54) is 0 Å². The van der Waals surface area contributed by atoms with Crippen molar-refractivity contribution < 1.29 is 4.74 Å². The number of hydrogen-bond donors (Lipinski definition) is 1. The van der Waals surface area contributed by atoms with Gasteiger partial charge in [0.05, 0.1) is 17.4 Å². The van der Waals surface area contributed by atoms with Crippen molar-refractivity contribution in [1.29, 1.82) is 0 Å². The summed E-state index contributed by atoms with van der Waals surface area (Å²) in [7, 11) is 0. The van der Waals surface area contributed by atoms with E-state index < -0.39 is 0 Å². The first-order valence-electron chi connectivity index (χ1n) is 7.46. The molecule has 0 aromatic carbocycles. The van der Waals surface area contributed by atoms with Crippen LogP contribution in [0.1, 0.15) is 39.8 Å². The second kappa shape index (κ2) is 6.50. The predicted molar refractivity (Wildman–Crippen MR) is 80.9 cm³/mol. The van der Waals surface area contributed by atoms with E-state index in [2.05, 4.69) is 60.2 Å². The van der Waals surface area contributed by atoms with Crippen molar-refractivity contribution in [3.05, 3.63) is 17.8 Å². The summed E-state index contributed by atoms with van der Waals surface area (Å²) in [6.45, 7) is 12.0. The van der Waals surface area contributed by atoms with E-state index in [1.54, 1.807) is 0 Å². The highest BCUT2D eigenvalue weighted by atomic mass is 16.5. The number of nitrogens with one attached hydrogen (secondary N) is 1. The van der Waals surface area contributed by atoms with E-state index >= 15 is 0 Å². The molecule has 1 aliphatic rings. The van der Waals surface area contributed by atoms with E-state index in [1.807, 2.05) is 0 Å². The summed E-state index contributed by atoms with van der Waals surface area (Å²) >= 11 is 0. The van der Waals surface area contributed by atoms with Crippen molar-refractivity contribution in [2.45, 2.75) is 52.4 Å². The fourth-order valence-corrected chi connectivity index (χ4v) is 2.64. The lowest BCUT2D eigenvalue weighted by atomic mass is 10.1. The average molecular weight is 278 g/mol. The molecule has 1 fully saturated rings. The zero-order valence-electron chi connectivity index (χ0n) is 13.0. The monoisotopic (exact) mass is 278 g/mol. The molecule has 0 aliphatic carbocycles. The average Bonchev–Trinajstić information content (AvgIpc) is 2.37. The number of rotatable bonds is 5. The largest absolute Gasteiger partial charge is 0.369 e. The van der Waals surface area contributed by atoms with Gasteiger partial charge in [-0.15, -0.1) is 5.10 Å². The van der Waals surface area contributed by atoms with Gasteiger partial charge in [0.25, 0.3) is 0 Å². The number of nitrogens with zero attached hydrogens (tertiary/aromatic N) is 3. The fraction of sp³-hybridized carbons (Fsp3) is 0.733. The van der Waals surface area contributed by atoms with Gasteiger partial charge in [-0.1, -0.05) is 6.92 Å². The zero-order valence-corrected chi connectivity index (χ0v) is 13.0. The van der Waals surface area contributed by atoms with E-state index in [0.717, 1.165) is 44.1 Å². The molecular weight excluding hydrogens is 252 g/mol. The predicted octanol–water partition coefficient (Wildman–Crippen LogP) is 1.98. The Morgan fingerprint density at radius 2 is 2.20 bits per heavy atom. The maximum absolute atomic E-state index is 5.91. The second-order valence-corrected chi connectivity index (χ2v) is 6.13. The number of anilines is 1. The molecule has 0 bridgehead atoms. The molecule has 0 saturated carbocycles. The van der Waals surface area contributed by atoms with Gasteiger partial charge in [0.1, 0.15) is 0 Å². The third-order valence-corrected chi connectivity index (χ3v) is 3.33. The van der Waals surface area contributed by atoms with Crippen LogP contribution in [0.2, 0.25) is 0 Å². The molecule has 0 spiro atoms. The van der Waals surface area contributed by atoms with Crippen LogP contribution in [0.3, 0.4) is 0 Å². The van der Waals surface area contributed by atoms with Crippen molar-refractivity contribution in [2.75, 3.05) is 24.5 Å². The van der Waals surface area contributed by atoms with Crippen LogP contribution in [0.25, 0.3) is 0 Å². The van der Waals surface area contributed by atoms with Gasteiger partial charge in [-0.05, 0) is 45.9 Å². The third-order valence-electron chi connectivity index (χ3n) is 3.33. The van der Waals surface area contributed by atoms with Crippen LogP contribution in [-0.2, 0) is 11.3 Å². The molecule has 2 heterocycles. The Balaban J connectivity index is 1.98. The molecule has 1 aliphatic heterocycles. The van der Waals surface area contributed by atoms with Gasteiger partial charge in [0.2, 0.25) is 0 Å². The summed E-state index contributed by atoms with van der Waals surface area (Å²) in [6.07, 6.45) is 1.35. The molecular formula is C15H26N4O. The van der Waals surface area contributed by atoms with Crippen LogP contribution in [0.5, 0.6) is 0 Å². The second-order valence-electron chi connectivity index (χ2n) is 6.13. The fourth-order valence-electron chi connectivity index (χ4n) is 2.64. The Kier molecular flexibility index (Phi) is 4.94. The SMILES string of the molecule is CCCNCc1ccc(N2CC(C)OC(C)(C)C2)nn1. The Morgan fingerprint density at radius 3 is 2.80 bits per heavy atom. The molecule has 1 atom stereocenters. The Labute approximate surface area is 121 Å². The molecule has 1 aromatic heterocycles. The lowest BCUT2D eigenvalue weighted by Crippen LogP contribution is -2.52. The molecule has 0 radical (unpaired) electrons. The highest BCUT2D eigenvalue weighted by Gasteiger charge is 2.31. The van der Waals surface area contributed by atoms with E-state index in [4.69, 9.17) is 4.74 Å². The van der Waals surface area contributed by atoms with Crippen molar-refractivity contribution >= 4 is 5.82 Å². The van der Waals surface area contributed by atoms with Crippen molar-refractivity contribution in [3.63, 3.8) is 0 Å². The standard InChI is InChI=1S/C15H26N4O/c1-5-8-16-9-13-6-7-14(18-17-13)19-10-12(2)20-15(3,4)11-19/h6-7,12,16H,5,8-11H2,1-4H3. The molecule has 112 valence electrons. The minimum absolute atomic E-state index is 0.138. The quantitative estimate of drug-likeness (QED) is 0.835. The lowest BCUT2D eigenvalue weighted by molar-refractivity contribution is -0.0752. The van der Waals surface area contributed by atoms with Crippen LogP contribution in [-0.4, -0.2) is 41.5 Å². The third kappa shape index (κ3) is 4.15. The van der Waals surface area contributed by atoms with Crippen LogP contribution >= 0.6 is 0 Å². The Morgan fingerprint density at radius 1 is 1.40 bits per heavy atom. The maximum atomic E-state index is 5.91. The highest BCUT2D eigenvalue weighted by molar-refractivity contribution is 5.38. The lowest BCUT2D eigenvalue weighted by Gasteiger charge is -2.42. The zero-order chi connectivity index (χ0) is 14.6. The van der Waals surface area contributed by atoms with E-state index in [-0.39, 0.29) is 11.7 Å². The van der Waals surface area contributed by atoms with Crippen LogP contribution in [0, 0.1) is 0 Å². The minimum Gasteiger partial charge on any atom is -0.369 e. The number of aromatic nitrogens is 2. The number of morpholine rings is 1. The van der Waals surface area contributed by atoms with Gasteiger partial charge in [-0.2, -0.15) is 5.10 Å². The van der Waals surface area contributed by atoms with Gasteiger partial charge in [0.15, 0.2) is 5.82 Å². The number of ether oxygens (including phenoxy) is 1.